The minimum absolute atomic E-state index is 0.583. The number of nitrogens with two attached hydrogens (primary N) is 1. The highest BCUT2D eigenvalue weighted by atomic mass is 16.5. The number of methoxy groups -OCH3 is 2. The Balaban J connectivity index is 2.20. The van der Waals surface area contributed by atoms with E-state index in [-0.39, 0.29) is 0 Å². The van der Waals surface area contributed by atoms with Crippen molar-refractivity contribution in [2.45, 2.75) is 6.42 Å². The zero-order valence-electron chi connectivity index (χ0n) is 11.0. The Labute approximate surface area is 108 Å². The number of ether oxygens (including phenoxy) is 4. The summed E-state index contributed by atoms with van der Waals surface area (Å²) in [5.74, 6) is 1.41. The second-order valence-corrected chi connectivity index (χ2v) is 3.75. The minimum Gasteiger partial charge on any atom is -0.497 e. The van der Waals surface area contributed by atoms with E-state index in [4.69, 9.17) is 24.7 Å². The van der Waals surface area contributed by atoms with Crippen LogP contribution >= 0.6 is 0 Å². The van der Waals surface area contributed by atoms with Gasteiger partial charge in [-0.1, -0.05) is 0 Å². The van der Waals surface area contributed by atoms with Crippen LogP contribution in [-0.2, 0) is 9.47 Å². The van der Waals surface area contributed by atoms with Crippen LogP contribution in [0.25, 0.3) is 0 Å². The van der Waals surface area contributed by atoms with Gasteiger partial charge >= 0.3 is 0 Å². The van der Waals surface area contributed by atoms with Gasteiger partial charge in [0.2, 0.25) is 0 Å². The van der Waals surface area contributed by atoms with E-state index in [0.29, 0.717) is 43.6 Å². The Kier molecular flexibility index (Phi) is 6.98. The molecule has 0 saturated heterocycles. The van der Waals surface area contributed by atoms with Crippen molar-refractivity contribution in [3.8, 4) is 11.5 Å². The quantitative estimate of drug-likeness (QED) is 0.537. The molecule has 0 amide bonds. The van der Waals surface area contributed by atoms with Gasteiger partial charge in [-0.15, -0.1) is 0 Å². The zero-order chi connectivity index (χ0) is 13.2. The highest BCUT2D eigenvalue weighted by Crippen LogP contribution is 2.23. The molecular weight excluding hydrogens is 234 g/mol. The summed E-state index contributed by atoms with van der Waals surface area (Å²) >= 11 is 0. The van der Waals surface area contributed by atoms with E-state index >= 15 is 0 Å². The van der Waals surface area contributed by atoms with Crippen molar-refractivity contribution in [1.82, 2.24) is 0 Å². The molecule has 18 heavy (non-hydrogen) atoms. The lowest BCUT2D eigenvalue weighted by Crippen LogP contribution is -2.07. The first kappa shape index (κ1) is 14.6. The van der Waals surface area contributed by atoms with E-state index in [1.807, 2.05) is 6.07 Å². The van der Waals surface area contributed by atoms with Gasteiger partial charge in [-0.3, -0.25) is 0 Å². The molecule has 0 unspecified atom stereocenters. The van der Waals surface area contributed by atoms with Crippen LogP contribution in [0, 0.1) is 0 Å². The van der Waals surface area contributed by atoms with Gasteiger partial charge in [0, 0.05) is 44.0 Å². The van der Waals surface area contributed by atoms with Crippen molar-refractivity contribution in [1.29, 1.82) is 0 Å². The molecule has 0 saturated carbocycles. The summed E-state index contributed by atoms with van der Waals surface area (Å²) in [6, 6.07) is 5.33. The van der Waals surface area contributed by atoms with Crippen LogP contribution in [0.2, 0.25) is 0 Å². The predicted molar refractivity (Wildman–Crippen MR) is 70.2 cm³/mol. The smallest absolute Gasteiger partial charge is 0.125 e. The molecule has 0 heterocycles. The van der Waals surface area contributed by atoms with Crippen LogP contribution in [0.4, 0.5) is 5.69 Å². The fraction of sp³-hybridized carbons (Fsp3) is 0.538. The summed E-state index contributed by atoms with van der Waals surface area (Å²) in [5.41, 5.74) is 6.35. The number of hydrogen-bond acceptors (Lipinski definition) is 5. The SMILES string of the molecule is COCCOCCCOc1cc(N)cc(OC)c1. The Morgan fingerprint density at radius 3 is 2.44 bits per heavy atom. The molecule has 0 fully saturated rings. The zero-order valence-corrected chi connectivity index (χ0v) is 11.0. The first-order valence-corrected chi connectivity index (χ1v) is 5.90. The number of hydrogen-bond donors (Lipinski definition) is 1. The molecule has 5 nitrogen and oxygen atoms in total. The number of anilines is 1. The van der Waals surface area contributed by atoms with E-state index < -0.39 is 0 Å². The number of nitrogen functional groups attached to an aromatic ring is 1. The van der Waals surface area contributed by atoms with Gasteiger partial charge < -0.3 is 24.7 Å². The molecule has 0 aromatic heterocycles. The van der Waals surface area contributed by atoms with E-state index in [1.54, 1.807) is 26.4 Å². The monoisotopic (exact) mass is 255 g/mol. The molecule has 1 rings (SSSR count). The average Bonchev–Trinajstić information content (AvgIpc) is 2.37. The Hall–Kier alpha value is -1.46. The third-order valence-corrected chi connectivity index (χ3v) is 2.27. The van der Waals surface area contributed by atoms with Gasteiger partial charge in [0.05, 0.1) is 26.9 Å². The van der Waals surface area contributed by atoms with Crippen molar-refractivity contribution >= 4 is 5.69 Å². The molecule has 5 heteroatoms. The van der Waals surface area contributed by atoms with Gasteiger partial charge in [0.15, 0.2) is 0 Å². The fourth-order valence-electron chi connectivity index (χ4n) is 1.39. The molecule has 0 aliphatic heterocycles. The molecule has 1 aromatic rings. The average molecular weight is 255 g/mol. The standard InChI is InChI=1S/C13H21NO4/c1-15-6-7-17-4-3-5-18-13-9-11(14)8-12(10-13)16-2/h8-10H,3-7,14H2,1-2H3. The lowest BCUT2D eigenvalue weighted by molar-refractivity contribution is 0.0644. The predicted octanol–water partition coefficient (Wildman–Crippen LogP) is 1.71. The maximum absolute atomic E-state index is 5.72. The molecule has 1 aromatic carbocycles. The maximum Gasteiger partial charge on any atom is 0.125 e. The van der Waals surface area contributed by atoms with Gasteiger partial charge in [0.1, 0.15) is 11.5 Å². The Morgan fingerprint density at radius 1 is 0.944 bits per heavy atom. The summed E-state index contributed by atoms with van der Waals surface area (Å²) in [5, 5.41) is 0. The summed E-state index contributed by atoms with van der Waals surface area (Å²) < 4.78 is 20.9. The first-order chi connectivity index (χ1) is 8.76. The maximum atomic E-state index is 5.72. The second kappa shape index (κ2) is 8.60. The molecule has 0 aliphatic rings. The third-order valence-electron chi connectivity index (χ3n) is 2.27. The Bertz CT molecular complexity index is 344. The summed E-state index contributed by atoms with van der Waals surface area (Å²) in [4.78, 5) is 0. The third kappa shape index (κ3) is 5.75. The molecule has 102 valence electrons. The highest BCUT2D eigenvalue weighted by Gasteiger charge is 2.00. The molecule has 0 spiro atoms. The molecule has 0 radical (unpaired) electrons. The van der Waals surface area contributed by atoms with Crippen LogP contribution in [0.5, 0.6) is 11.5 Å². The number of rotatable bonds is 9. The molecule has 2 N–H and O–H groups in total. The Morgan fingerprint density at radius 2 is 1.72 bits per heavy atom. The van der Waals surface area contributed by atoms with Crippen molar-refractivity contribution in [2.75, 3.05) is 46.4 Å². The largest absolute Gasteiger partial charge is 0.497 e. The fourth-order valence-corrected chi connectivity index (χ4v) is 1.39. The van der Waals surface area contributed by atoms with Crippen LogP contribution in [0.1, 0.15) is 6.42 Å². The number of benzene rings is 1. The van der Waals surface area contributed by atoms with Gasteiger partial charge in [-0.2, -0.15) is 0 Å². The van der Waals surface area contributed by atoms with E-state index in [1.165, 1.54) is 0 Å². The molecule has 0 atom stereocenters. The van der Waals surface area contributed by atoms with Gasteiger partial charge in [-0.25, -0.2) is 0 Å². The van der Waals surface area contributed by atoms with Crippen molar-refractivity contribution < 1.29 is 18.9 Å². The summed E-state index contributed by atoms with van der Waals surface area (Å²) in [6.07, 6.45) is 0.820. The first-order valence-electron chi connectivity index (χ1n) is 5.90. The molecule has 0 aliphatic carbocycles. The normalized spacial score (nSPS) is 10.3. The summed E-state index contributed by atoms with van der Waals surface area (Å²) in [6.45, 7) is 2.47. The topological polar surface area (TPSA) is 62.9 Å². The van der Waals surface area contributed by atoms with E-state index in [9.17, 15) is 0 Å². The van der Waals surface area contributed by atoms with Gasteiger partial charge in [0.25, 0.3) is 0 Å². The van der Waals surface area contributed by atoms with Crippen LogP contribution in [0.3, 0.4) is 0 Å². The lowest BCUT2D eigenvalue weighted by atomic mass is 10.3. The van der Waals surface area contributed by atoms with E-state index in [2.05, 4.69) is 0 Å². The van der Waals surface area contributed by atoms with Crippen LogP contribution in [0.15, 0.2) is 18.2 Å². The minimum atomic E-state index is 0.583. The van der Waals surface area contributed by atoms with Gasteiger partial charge in [-0.05, 0) is 0 Å². The summed E-state index contributed by atoms with van der Waals surface area (Å²) in [7, 11) is 3.25. The molecule has 0 bridgehead atoms. The lowest BCUT2D eigenvalue weighted by Gasteiger charge is -2.09. The second-order valence-electron chi connectivity index (χ2n) is 3.75. The van der Waals surface area contributed by atoms with Crippen molar-refractivity contribution in [3.63, 3.8) is 0 Å². The van der Waals surface area contributed by atoms with Crippen molar-refractivity contribution in [3.05, 3.63) is 18.2 Å². The van der Waals surface area contributed by atoms with Crippen LogP contribution < -0.4 is 15.2 Å². The van der Waals surface area contributed by atoms with Crippen molar-refractivity contribution in [2.24, 2.45) is 0 Å². The molecular formula is C13H21NO4. The van der Waals surface area contributed by atoms with Crippen LogP contribution in [-0.4, -0.2) is 40.6 Å². The van der Waals surface area contributed by atoms with E-state index in [0.717, 1.165) is 6.42 Å². The highest BCUT2D eigenvalue weighted by molar-refractivity contribution is 5.50.